The first-order valence-electron chi connectivity index (χ1n) is 12.3. The van der Waals surface area contributed by atoms with Crippen molar-refractivity contribution in [1.29, 1.82) is 0 Å². The van der Waals surface area contributed by atoms with Crippen LogP contribution in [0.1, 0.15) is 28.1 Å². The molecule has 3 heterocycles. The molecule has 0 aliphatic carbocycles. The van der Waals surface area contributed by atoms with Crippen LogP contribution in [0.4, 0.5) is 27.3 Å². The summed E-state index contributed by atoms with van der Waals surface area (Å²) in [7, 11) is 3.83. The van der Waals surface area contributed by atoms with E-state index in [1.54, 1.807) is 13.1 Å². The van der Waals surface area contributed by atoms with Crippen LogP contribution in [0.3, 0.4) is 0 Å². The molecule has 0 saturated carbocycles. The van der Waals surface area contributed by atoms with E-state index in [1.165, 1.54) is 29.8 Å². The number of rotatable bonds is 9. The summed E-state index contributed by atoms with van der Waals surface area (Å²) in [4.78, 5) is 25.4. The van der Waals surface area contributed by atoms with E-state index in [-0.39, 0.29) is 10.9 Å². The minimum atomic E-state index is -0.505. The Morgan fingerprint density at radius 3 is 2.71 bits per heavy atom. The second kappa shape index (κ2) is 11.6. The fourth-order valence-electron chi connectivity index (χ4n) is 4.53. The molecule has 198 valence electrons. The average molecular weight is 555 g/mol. The second-order valence-corrected chi connectivity index (χ2v) is 10.6. The van der Waals surface area contributed by atoms with Gasteiger partial charge in [-0.25, -0.2) is 14.4 Å². The van der Waals surface area contributed by atoms with Gasteiger partial charge in [-0.15, -0.1) is 11.3 Å². The van der Waals surface area contributed by atoms with Crippen LogP contribution in [0.2, 0.25) is 5.02 Å². The minimum absolute atomic E-state index is 0.0000177. The van der Waals surface area contributed by atoms with Crippen molar-refractivity contribution in [3.05, 3.63) is 70.1 Å². The molecule has 4 aromatic rings. The van der Waals surface area contributed by atoms with Crippen LogP contribution in [0.5, 0.6) is 0 Å². The smallest absolute Gasteiger partial charge is 0.267 e. The van der Waals surface area contributed by atoms with Crippen molar-refractivity contribution in [2.24, 2.45) is 0 Å². The summed E-state index contributed by atoms with van der Waals surface area (Å²) in [5.41, 5.74) is 3.03. The first-order chi connectivity index (χ1) is 18.4. The molecule has 3 N–H and O–H groups in total. The number of thiophene rings is 1. The largest absolute Gasteiger partial charge is 0.386 e. The lowest BCUT2D eigenvalue weighted by atomic mass is 10.1. The van der Waals surface area contributed by atoms with Gasteiger partial charge in [-0.2, -0.15) is 0 Å². The number of hydrogen-bond acceptors (Lipinski definition) is 8. The highest BCUT2D eigenvalue weighted by molar-refractivity contribution is 7.21. The molecule has 0 bridgehead atoms. The van der Waals surface area contributed by atoms with E-state index in [2.05, 4.69) is 37.9 Å². The maximum Gasteiger partial charge on any atom is 0.267 e. The second-order valence-electron chi connectivity index (χ2n) is 9.20. The number of carbonyl (C=O) groups is 1. The number of carbonyl (C=O) groups excluding carboxylic acids is 1. The summed E-state index contributed by atoms with van der Waals surface area (Å²) < 4.78 is 19.3. The van der Waals surface area contributed by atoms with Gasteiger partial charge in [0.15, 0.2) is 0 Å². The topological polar surface area (TPSA) is 91.4 Å². The number of halogens is 2. The van der Waals surface area contributed by atoms with Crippen molar-refractivity contribution in [3.8, 4) is 0 Å². The molecule has 38 heavy (non-hydrogen) atoms. The number of nitrogens with zero attached hydrogens (tertiary/aromatic N) is 3. The van der Waals surface area contributed by atoms with E-state index >= 15 is 0 Å². The Labute approximate surface area is 229 Å². The Kier molecular flexibility index (Phi) is 8.04. The summed E-state index contributed by atoms with van der Waals surface area (Å²) in [6, 6.07) is 12.2. The van der Waals surface area contributed by atoms with E-state index in [0.717, 1.165) is 38.1 Å². The molecule has 1 saturated heterocycles. The van der Waals surface area contributed by atoms with Gasteiger partial charge in [0.25, 0.3) is 5.91 Å². The van der Waals surface area contributed by atoms with Gasteiger partial charge in [-0.05, 0) is 55.8 Å². The molecular weight excluding hydrogens is 527 g/mol. The van der Waals surface area contributed by atoms with Gasteiger partial charge in [-0.1, -0.05) is 23.7 Å². The highest BCUT2D eigenvalue weighted by atomic mass is 35.5. The molecule has 0 radical (unpaired) electrons. The molecule has 0 unspecified atom stereocenters. The maximum atomic E-state index is 13.6. The molecule has 1 atom stereocenters. The molecular formula is C27H28ClFN6O2S. The number of benzene rings is 2. The molecule has 0 spiro atoms. The van der Waals surface area contributed by atoms with Crippen molar-refractivity contribution in [1.82, 2.24) is 14.9 Å². The number of ether oxygens (including phenoxy) is 1. The molecule has 1 aliphatic rings. The molecule has 1 amide bonds. The number of nitrogens with one attached hydrogen (secondary N) is 3. The highest BCUT2D eigenvalue weighted by Gasteiger charge is 2.22. The van der Waals surface area contributed by atoms with E-state index in [4.69, 9.17) is 16.3 Å². The number of anilines is 4. The van der Waals surface area contributed by atoms with Crippen LogP contribution in [-0.2, 0) is 11.3 Å². The summed E-state index contributed by atoms with van der Waals surface area (Å²) in [5, 5.41) is 9.93. The van der Waals surface area contributed by atoms with Crippen LogP contribution in [0.15, 0.2) is 48.8 Å². The first kappa shape index (κ1) is 26.3. The third-order valence-corrected chi connectivity index (χ3v) is 7.72. The third kappa shape index (κ3) is 5.88. The minimum Gasteiger partial charge on any atom is -0.386 e. The Morgan fingerprint density at radius 1 is 1.21 bits per heavy atom. The van der Waals surface area contributed by atoms with E-state index in [1.807, 2.05) is 24.3 Å². The van der Waals surface area contributed by atoms with E-state index in [9.17, 15) is 9.18 Å². The van der Waals surface area contributed by atoms with Crippen LogP contribution < -0.4 is 16.0 Å². The highest BCUT2D eigenvalue weighted by Crippen LogP contribution is 2.39. The van der Waals surface area contributed by atoms with Crippen LogP contribution in [-0.4, -0.2) is 54.1 Å². The normalized spacial score (nSPS) is 15.2. The van der Waals surface area contributed by atoms with Gasteiger partial charge in [0.2, 0.25) is 0 Å². The van der Waals surface area contributed by atoms with Crippen LogP contribution >= 0.6 is 22.9 Å². The van der Waals surface area contributed by atoms with E-state index in [0.29, 0.717) is 44.1 Å². The quantitative estimate of drug-likeness (QED) is 0.229. The zero-order chi connectivity index (χ0) is 26.6. The van der Waals surface area contributed by atoms with Crippen molar-refractivity contribution in [2.45, 2.75) is 25.5 Å². The summed E-state index contributed by atoms with van der Waals surface area (Å²) in [6.45, 7) is 2.57. The lowest BCUT2D eigenvalue weighted by Gasteiger charge is -2.20. The predicted molar refractivity (Wildman–Crippen MR) is 151 cm³/mol. The Hall–Kier alpha value is -3.31. The summed E-state index contributed by atoms with van der Waals surface area (Å²) in [6.07, 6.45) is 3.98. The molecule has 2 aromatic heterocycles. The number of hydrogen-bond donors (Lipinski definition) is 3. The molecule has 5 rings (SSSR count). The van der Waals surface area contributed by atoms with Crippen LogP contribution in [0, 0.1) is 5.82 Å². The van der Waals surface area contributed by atoms with Gasteiger partial charge in [0.1, 0.15) is 27.7 Å². The zero-order valence-electron chi connectivity index (χ0n) is 21.1. The van der Waals surface area contributed by atoms with Gasteiger partial charge in [0, 0.05) is 38.1 Å². The monoisotopic (exact) mass is 554 g/mol. The predicted octanol–water partition coefficient (Wildman–Crippen LogP) is 6.13. The van der Waals surface area contributed by atoms with Crippen molar-refractivity contribution in [2.75, 3.05) is 43.2 Å². The average Bonchev–Trinajstić information content (AvgIpc) is 3.55. The standard InChI is InChI=1S/C27H28ClFN6O2S/c1-30-23-22-25(33-18-9-10-21(29)20(28)12-18)31-15-32-27(22)38-24(23)26(36)34-17-7-5-16(6-8-17)13-35(2)14-19-4-3-11-37-19/h5-10,12,15,19,30H,3-4,11,13-14H2,1-2H3,(H,34,36)(H,31,32,33)/t19-/m0/s1. The first-order valence-corrected chi connectivity index (χ1v) is 13.5. The lowest BCUT2D eigenvalue weighted by molar-refractivity contribution is 0.0793. The van der Waals surface area contributed by atoms with Crippen molar-refractivity contribution < 1.29 is 13.9 Å². The van der Waals surface area contributed by atoms with Gasteiger partial charge < -0.3 is 20.7 Å². The number of fused-ring (bicyclic) bond motifs is 1. The SMILES string of the molecule is CNc1c(C(=O)Nc2ccc(CN(C)C[C@@H]3CCCO3)cc2)sc2ncnc(Nc3ccc(F)c(Cl)c3)c12. The lowest BCUT2D eigenvalue weighted by Crippen LogP contribution is -2.28. The maximum absolute atomic E-state index is 13.6. The van der Waals surface area contributed by atoms with Gasteiger partial charge >= 0.3 is 0 Å². The Bertz CT molecular complexity index is 1440. The molecule has 11 heteroatoms. The molecule has 2 aromatic carbocycles. The Balaban J connectivity index is 1.31. The Morgan fingerprint density at radius 2 is 2.00 bits per heavy atom. The number of amides is 1. The molecule has 1 fully saturated rings. The molecule has 8 nitrogen and oxygen atoms in total. The zero-order valence-corrected chi connectivity index (χ0v) is 22.6. The fraction of sp³-hybridized carbons (Fsp3) is 0.296. The summed E-state index contributed by atoms with van der Waals surface area (Å²) >= 11 is 7.19. The number of likely N-dealkylation sites (N-methyl/N-ethyl adjacent to an activating group) is 1. The molecule has 1 aliphatic heterocycles. The van der Waals surface area contributed by atoms with Crippen LogP contribution in [0.25, 0.3) is 10.2 Å². The van der Waals surface area contributed by atoms with E-state index < -0.39 is 5.82 Å². The van der Waals surface area contributed by atoms with Gasteiger partial charge in [-0.3, -0.25) is 9.69 Å². The number of aromatic nitrogens is 2. The van der Waals surface area contributed by atoms with Gasteiger partial charge in [0.05, 0.1) is 22.2 Å². The third-order valence-electron chi connectivity index (χ3n) is 6.33. The van der Waals surface area contributed by atoms with Crippen molar-refractivity contribution >= 4 is 61.9 Å². The fourth-order valence-corrected chi connectivity index (χ4v) is 5.76. The van der Waals surface area contributed by atoms with Crippen molar-refractivity contribution in [3.63, 3.8) is 0 Å². The summed E-state index contributed by atoms with van der Waals surface area (Å²) in [5.74, 6) is -0.278.